The van der Waals surface area contributed by atoms with Gasteiger partial charge in [-0.1, -0.05) is 23.7 Å². The number of hydrogen-bond donors (Lipinski definition) is 1. The Hall–Kier alpha value is -1.06. The molecule has 0 aliphatic heterocycles. The SMILES string of the molecule is NN(C=O)Cc1cccc(Cl)c1. The van der Waals surface area contributed by atoms with E-state index >= 15 is 0 Å². The van der Waals surface area contributed by atoms with Gasteiger partial charge < -0.3 is 0 Å². The lowest BCUT2D eigenvalue weighted by molar-refractivity contribution is -0.118. The van der Waals surface area contributed by atoms with Gasteiger partial charge >= 0.3 is 0 Å². The first-order valence-corrected chi connectivity index (χ1v) is 3.81. The van der Waals surface area contributed by atoms with Crippen molar-refractivity contribution in [3.8, 4) is 0 Å². The van der Waals surface area contributed by atoms with Crippen LogP contribution in [0.4, 0.5) is 0 Å². The average Bonchev–Trinajstić information content (AvgIpc) is 2.04. The minimum absolute atomic E-state index is 0.379. The van der Waals surface area contributed by atoms with Crippen molar-refractivity contribution in [1.82, 2.24) is 5.01 Å². The Labute approximate surface area is 75.7 Å². The van der Waals surface area contributed by atoms with Gasteiger partial charge in [-0.3, -0.25) is 9.80 Å². The molecule has 0 fully saturated rings. The molecular formula is C8H9ClN2O. The van der Waals surface area contributed by atoms with Gasteiger partial charge in [-0.05, 0) is 17.7 Å². The van der Waals surface area contributed by atoms with Gasteiger partial charge in [-0.15, -0.1) is 0 Å². The summed E-state index contributed by atoms with van der Waals surface area (Å²) in [6.07, 6.45) is 0.570. The lowest BCUT2D eigenvalue weighted by Gasteiger charge is -2.09. The number of carbonyl (C=O) groups is 1. The van der Waals surface area contributed by atoms with Crippen LogP contribution in [-0.4, -0.2) is 11.4 Å². The van der Waals surface area contributed by atoms with Crippen molar-refractivity contribution in [2.75, 3.05) is 0 Å². The molecule has 3 nitrogen and oxygen atoms in total. The standard InChI is InChI=1S/C8H9ClN2O/c9-8-3-1-2-7(4-8)5-11(10)6-12/h1-4,6H,5,10H2. The Bertz CT molecular complexity index is 278. The Morgan fingerprint density at radius 1 is 1.58 bits per heavy atom. The van der Waals surface area contributed by atoms with E-state index in [0.29, 0.717) is 18.0 Å². The quantitative estimate of drug-likeness (QED) is 0.332. The molecule has 0 atom stereocenters. The van der Waals surface area contributed by atoms with Crippen molar-refractivity contribution in [2.45, 2.75) is 6.54 Å². The average molecular weight is 185 g/mol. The summed E-state index contributed by atoms with van der Waals surface area (Å²) in [6.45, 7) is 0.379. The van der Waals surface area contributed by atoms with Crippen molar-refractivity contribution in [1.29, 1.82) is 0 Å². The zero-order valence-electron chi connectivity index (χ0n) is 6.40. The van der Waals surface area contributed by atoms with Crippen molar-refractivity contribution in [2.24, 2.45) is 5.84 Å². The summed E-state index contributed by atoms with van der Waals surface area (Å²) in [7, 11) is 0. The first-order valence-electron chi connectivity index (χ1n) is 3.43. The molecule has 1 rings (SSSR count). The Balaban J connectivity index is 2.69. The molecule has 1 amide bonds. The van der Waals surface area contributed by atoms with Gasteiger partial charge in [0.25, 0.3) is 0 Å². The normalized spacial score (nSPS) is 9.50. The molecule has 0 aromatic heterocycles. The van der Waals surface area contributed by atoms with Gasteiger partial charge in [0.05, 0.1) is 6.54 Å². The second-order valence-electron chi connectivity index (χ2n) is 2.41. The molecule has 0 saturated heterocycles. The van der Waals surface area contributed by atoms with Gasteiger partial charge in [0.2, 0.25) is 6.41 Å². The van der Waals surface area contributed by atoms with Crippen molar-refractivity contribution < 1.29 is 4.79 Å². The maximum atomic E-state index is 10.2. The number of benzene rings is 1. The summed E-state index contributed by atoms with van der Waals surface area (Å²) < 4.78 is 0. The highest BCUT2D eigenvalue weighted by Gasteiger charge is 1.97. The second-order valence-corrected chi connectivity index (χ2v) is 2.84. The monoisotopic (exact) mass is 184 g/mol. The van der Waals surface area contributed by atoms with E-state index in [0.717, 1.165) is 10.6 Å². The second kappa shape index (κ2) is 4.09. The Kier molecular flexibility index (Phi) is 3.08. The van der Waals surface area contributed by atoms with Crippen LogP contribution in [0.3, 0.4) is 0 Å². The zero-order valence-corrected chi connectivity index (χ0v) is 7.16. The first kappa shape index (κ1) is 9.03. The molecule has 4 heteroatoms. The minimum Gasteiger partial charge on any atom is -0.279 e. The lowest BCUT2D eigenvalue weighted by atomic mass is 10.2. The molecule has 0 bridgehead atoms. The number of hydrazine groups is 1. The third-order valence-corrected chi connectivity index (χ3v) is 1.62. The molecule has 12 heavy (non-hydrogen) atoms. The third kappa shape index (κ3) is 2.53. The first-order chi connectivity index (χ1) is 5.72. The van der Waals surface area contributed by atoms with E-state index in [1.807, 2.05) is 12.1 Å². The van der Waals surface area contributed by atoms with E-state index in [2.05, 4.69) is 0 Å². The number of rotatable bonds is 3. The van der Waals surface area contributed by atoms with Crippen LogP contribution in [0.15, 0.2) is 24.3 Å². The molecule has 1 aromatic carbocycles. The molecule has 1 aromatic rings. The van der Waals surface area contributed by atoms with Crippen molar-refractivity contribution in [3.63, 3.8) is 0 Å². The fourth-order valence-corrected chi connectivity index (χ4v) is 1.10. The summed E-state index contributed by atoms with van der Waals surface area (Å²) in [5.41, 5.74) is 0.914. The summed E-state index contributed by atoms with van der Waals surface area (Å²) in [5.74, 6) is 5.28. The number of nitrogens with two attached hydrogens (primary N) is 1. The maximum Gasteiger partial charge on any atom is 0.223 e. The van der Waals surface area contributed by atoms with Crippen LogP contribution in [0.5, 0.6) is 0 Å². The Morgan fingerprint density at radius 2 is 2.33 bits per heavy atom. The number of halogens is 1. The van der Waals surface area contributed by atoms with Crippen LogP contribution < -0.4 is 5.84 Å². The summed E-state index contributed by atoms with van der Waals surface area (Å²) in [4.78, 5) is 10.2. The largest absolute Gasteiger partial charge is 0.279 e. The van der Waals surface area contributed by atoms with E-state index in [1.165, 1.54) is 0 Å². The van der Waals surface area contributed by atoms with Crippen molar-refractivity contribution in [3.05, 3.63) is 34.9 Å². The van der Waals surface area contributed by atoms with E-state index in [1.54, 1.807) is 12.1 Å². The lowest BCUT2D eigenvalue weighted by Crippen LogP contribution is -2.28. The fraction of sp³-hybridized carbons (Fsp3) is 0.125. The maximum absolute atomic E-state index is 10.2. The third-order valence-electron chi connectivity index (χ3n) is 1.39. The minimum atomic E-state index is 0.379. The van der Waals surface area contributed by atoms with Crippen LogP contribution >= 0.6 is 11.6 Å². The van der Waals surface area contributed by atoms with E-state index < -0.39 is 0 Å². The number of amides is 1. The summed E-state index contributed by atoms with van der Waals surface area (Å²) in [5, 5.41) is 1.71. The Morgan fingerprint density at radius 3 is 2.92 bits per heavy atom. The van der Waals surface area contributed by atoms with Gasteiger partial charge in [0.1, 0.15) is 0 Å². The van der Waals surface area contributed by atoms with Crippen molar-refractivity contribution >= 4 is 18.0 Å². The molecule has 64 valence electrons. The summed E-state index contributed by atoms with van der Waals surface area (Å²) >= 11 is 5.72. The van der Waals surface area contributed by atoms with Crippen LogP contribution in [-0.2, 0) is 11.3 Å². The highest BCUT2D eigenvalue weighted by molar-refractivity contribution is 6.30. The molecule has 0 saturated carbocycles. The number of carbonyl (C=O) groups excluding carboxylic acids is 1. The van der Waals surface area contributed by atoms with E-state index in [9.17, 15) is 4.79 Å². The van der Waals surface area contributed by atoms with Crippen LogP contribution in [0.1, 0.15) is 5.56 Å². The van der Waals surface area contributed by atoms with Crippen LogP contribution in [0, 0.1) is 0 Å². The van der Waals surface area contributed by atoms with Gasteiger partial charge in [-0.25, -0.2) is 5.84 Å². The smallest absolute Gasteiger partial charge is 0.223 e. The molecule has 0 aliphatic rings. The number of hydrogen-bond acceptors (Lipinski definition) is 2. The molecule has 0 heterocycles. The molecule has 0 aliphatic carbocycles. The predicted molar refractivity (Wildman–Crippen MR) is 47.2 cm³/mol. The number of nitrogens with zero attached hydrogens (tertiary/aromatic N) is 1. The molecule has 0 unspecified atom stereocenters. The summed E-state index contributed by atoms with van der Waals surface area (Å²) in [6, 6.07) is 7.21. The zero-order chi connectivity index (χ0) is 8.97. The van der Waals surface area contributed by atoms with E-state index in [-0.39, 0.29) is 0 Å². The topological polar surface area (TPSA) is 46.3 Å². The predicted octanol–water partition coefficient (Wildman–Crippen LogP) is 1.17. The van der Waals surface area contributed by atoms with Crippen LogP contribution in [0.25, 0.3) is 0 Å². The van der Waals surface area contributed by atoms with Gasteiger partial charge in [0, 0.05) is 5.02 Å². The fourth-order valence-electron chi connectivity index (χ4n) is 0.883. The van der Waals surface area contributed by atoms with E-state index in [4.69, 9.17) is 17.4 Å². The van der Waals surface area contributed by atoms with Gasteiger partial charge in [-0.2, -0.15) is 0 Å². The molecular weight excluding hydrogens is 176 g/mol. The highest BCUT2D eigenvalue weighted by Crippen LogP contribution is 2.10. The molecule has 0 spiro atoms. The van der Waals surface area contributed by atoms with Gasteiger partial charge in [0.15, 0.2) is 0 Å². The van der Waals surface area contributed by atoms with Crippen LogP contribution in [0.2, 0.25) is 5.02 Å². The molecule has 0 radical (unpaired) electrons. The molecule has 2 N–H and O–H groups in total. The highest BCUT2D eigenvalue weighted by atomic mass is 35.5.